The van der Waals surface area contributed by atoms with E-state index in [1.807, 2.05) is 17.9 Å². The standard InChI is InChI=1S/C17H31N3/c1-5-10-18-17(16-11-19-20(4)12-16)15-8-6-14(7-9-15)13(2)3/h11-15,17-18H,5-10H2,1-4H3. The third-order valence-electron chi connectivity index (χ3n) is 4.93. The van der Waals surface area contributed by atoms with Crippen LogP contribution in [0.2, 0.25) is 0 Å². The molecule has 1 aliphatic rings. The molecular weight excluding hydrogens is 246 g/mol. The highest BCUT2D eigenvalue weighted by atomic mass is 15.2. The first-order valence-corrected chi connectivity index (χ1v) is 8.33. The van der Waals surface area contributed by atoms with Crippen LogP contribution >= 0.6 is 0 Å². The van der Waals surface area contributed by atoms with E-state index in [9.17, 15) is 0 Å². The Balaban J connectivity index is 2.01. The molecule has 1 unspecified atom stereocenters. The smallest absolute Gasteiger partial charge is 0.0537 e. The summed E-state index contributed by atoms with van der Waals surface area (Å²) >= 11 is 0. The van der Waals surface area contributed by atoms with Crippen molar-refractivity contribution in [3.63, 3.8) is 0 Å². The van der Waals surface area contributed by atoms with Crippen LogP contribution in [0.3, 0.4) is 0 Å². The third-order valence-corrected chi connectivity index (χ3v) is 4.93. The molecule has 0 spiro atoms. The predicted octanol–water partition coefficient (Wildman–Crippen LogP) is 3.92. The average molecular weight is 277 g/mol. The maximum atomic E-state index is 4.36. The predicted molar refractivity (Wildman–Crippen MR) is 84.5 cm³/mol. The lowest BCUT2D eigenvalue weighted by molar-refractivity contribution is 0.189. The van der Waals surface area contributed by atoms with Gasteiger partial charge in [0.1, 0.15) is 0 Å². The fourth-order valence-corrected chi connectivity index (χ4v) is 3.60. The second-order valence-corrected chi connectivity index (χ2v) is 6.80. The quantitative estimate of drug-likeness (QED) is 0.854. The summed E-state index contributed by atoms with van der Waals surface area (Å²) in [6.45, 7) is 8.09. The van der Waals surface area contributed by atoms with E-state index in [0.29, 0.717) is 6.04 Å². The lowest BCUT2D eigenvalue weighted by atomic mass is 9.73. The lowest BCUT2D eigenvalue weighted by Gasteiger charge is -2.35. The Kier molecular flexibility index (Phi) is 5.64. The molecule has 1 aliphatic carbocycles. The first kappa shape index (κ1) is 15.6. The third kappa shape index (κ3) is 3.85. The highest BCUT2D eigenvalue weighted by Crippen LogP contribution is 2.39. The largest absolute Gasteiger partial charge is 0.310 e. The molecule has 1 heterocycles. The SMILES string of the molecule is CCCNC(c1cnn(C)c1)C1CCC(C(C)C)CC1. The molecule has 0 saturated heterocycles. The van der Waals surface area contributed by atoms with Crippen molar-refractivity contribution < 1.29 is 0 Å². The monoisotopic (exact) mass is 277 g/mol. The van der Waals surface area contributed by atoms with Crippen LogP contribution in [-0.2, 0) is 7.05 Å². The maximum Gasteiger partial charge on any atom is 0.0537 e. The summed E-state index contributed by atoms with van der Waals surface area (Å²) < 4.78 is 1.93. The van der Waals surface area contributed by atoms with E-state index in [1.165, 1.54) is 37.7 Å². The van der Waals surface area contributed by atoms with Crippen LogP contribution in [0.25, 0.3) is 0 Å². The van der Waals surface area contributed by atoms with Gasteiger partial charge in [-0.3, -0.25) is 4.68 Å². The molecule has 114 valence electrons. The lowest BCUT2D eigenvalue weighted by Crippen LogP contribution is -2.32. The summed E-state index contributed by atoms with van der Waals surface area (Å²) in [5.74, 6) is 2.56. The first-order chi connectivity index (χ1) is 9.61. The van der Waals surface area contributed by atoms with E-state index in [1.54, 1.807) is 0 Å². The number of rotatable bonds is 6. The van der Waals surface area contributed by atoms with Gasteiger partial charge in [-0.25, -0.2) is 0 Å². The highest BCUT2D eigenvalue weighted by molar-refractivity contribution is 5.12. The van der Waals surface area contributed by atoms with Crippen LogP contribution < -0.4 is 5.32 Å². The van der Waals surface area contributed by atoms with E-state index in [0.717, 1.165) is 24.3 Å². The van der Waals surface area contributed by atoms with Gasteiger partial charge in [-0.05, 0) is 56.4 Å². The fourth-order valence-electron chi connectivity index (χ4n) is 3.60. The minimum atomic E-state index is 0.497. The van der Waals surface area contributed by atoms with Gasteiger partial charge in [0.2, 0.25) is 0 Å². The molecule has 1 aromatic rings. The van der Waals surface area contributed by atoms with Crippen LogP contribution in [0.15, 0.2) is 12.4 Å². The van der Waals surface area contributed by atoms with Crippen LogP contribution in [0.1, 0.15) is 64.5 Å². The minimum Gasteiger partial charge on any atom is -0.310 e. The van der Waals surface area contributed by atoms with E-state index in [2.05, 4.69) is 37.4 Å². The van der Waals surface area contributed by atoms with E-state index < -0.39 is 0 Å². The molecule has 20 heavy (non-hydrogen) atoms. The Hall–Kier alpha value is -0.830. The Morgan fingerprint density at radius 2 is 1.90 bits per heavy atom. The Morgan fingerprint density at radius 3 is 2.40 bits per heavy atom. The van der Waals surface area contributed by atoms with Crippen molar-refractivity contribution in [2.45, 2.75) is 58.9 Å². The molecule has 1 N–H and O–H groups in total. The topological polar surface area (TPSA) is 29.9 Å². The zero-order chi connectivity index (χ0) is 14.5. The van der Waals surface area contributed by atoms with Gasteiger partial charge >= 0.3 is 0 Å². The molecule has 0 aliphatic heterocycles. The molecule has 3 heteroatoms. The van der Waals surface area contributed by atoms with Gasteiger partial charge in [-0.15, -0.1) is 0 Å². The summed E-state index contributed by atoms with van der Waals surface area (Å²) in [6, 6.07) is 0.497. The second-order valence-electron chi connectivity index (χ2n) is 6.80. The molecular formula is C17H31N3. The molecule has 2 rings (SSSR count). The molecule has 0 aromatic carbocycles. The zero-order valence-corrected chi connectivity index (χ0v) is 13.6. The van der Waals surface area contributed by atoms with Gasteiger partial charge in [0.05, 0.1) is 6.20 Å². The molecule has 0 bridgehead atoms. The van der Waals surface area contributed by atoms with Crippen molar-refractivity contribution in [1.29, 1.82) is 0 Å². The number of nitrogens with one attached hydrogen (secondary N) is 1. The van der Waals surface area contributed by atoms with Crippen LogP contribution in [-0.4, -0.2) is 16.3 Å². The molecule has 1 fully saturated rings. The minimum absolute atomic E-state index is 0.497. The van der Waals surface area contributed by atoms with Crippen molar-refractivity contribution in [3.05, 3.63) is 18.0 Å². The van der Waals surface area contributed by atoms with E-state index >= 15 is 0 Å². The van der Waals surface area contributed by atoms with Gasteiger partial charge in [-0.1, -0.05) is 20.8 Å². The van der Waals surface area contributed by atoms with Crippen molar-refractivity contribution in [1.82, 2.24) is 15.1 Å². The van der Waals surface area contributed by atoms with E-state index in [4.69, 9.17) is 0 Å². The summed E-state index contributed by atoms with van der Waals surface area (Å²) in [5, 5.41) is 8.12. The Bertz CT molecular complexity index is 389. The van der Waals surface area contributed by atoms with Crippen LogP contribution in [0, 0.1) is 17.8 Å². The summed E-state index contributed by atoms with van der Waals surface area (Å²) in [4.78, 5) is 0. The van der Waals surface area contributed by atoms with Gasteiger partial charge in [-0.2, -0.15) is 5.10 Å². The first-order valence-electron chi connectivity index (χ1n) is 8.33. The Morgan fingerprint density at radius 1 is 1.25 bits per heavy atom. The van der Waals surface area contributed by atoms with Crippen molar-refractivity contribution >= 4 is 0 Å². The number of hydrogen-bond donors (Lipinski definition) is 1. The zero-order valence-electron chi connectivity index (χ0n) is 13.6. The molecule has 1 atom stereocenters. The molecule has 0 radical (unpaired) electrons. The van der Waals surface area contributed by atoms with Crippen LogP contribution in [0.4, 0.5) is 0 Å². The van der Waals surface area contributed by atoms with Gasteiger partial charge in [0, 0.05) is 24.8 Å². The summed E-state index contributed by atoms with van der Waals surface area (Å²) in [6.07, 6.45) is 10.9. The number of aryl methyl sites for hydroxylation is 1. The summed E-state index contributed by atoms with van der Waals surface area (Å²) in [5.41, 5.74) is 1.37. The normalized spacial score (nSPS) is 25.1. The van der Waals surface area contributed by atoms with Gasteiger partial charge < -0.3 is 5.32 Å². The highest BCUT2D eigenvalue weighted by Gasteiger charge is 2.29. The molecule has 1 aromatic heterocycles. The van der Waals surface area contributed by atoms with Crippen LogP contribution in [0.5, 0.6) is 0 Å². The number of hydrogen-bond acceptors (Lipinski definition) is 2. The van der Waals surface area contributed by atoms with Crippen molar-refractivity contribution in [2.75, 3.05) is 6.54 Å². The van der Waals surface area contributed by atoms with Gasteiger partial charge in [0.25, 0.3) is 0 Å². The summed E-state index contributed by atoms with van der Waals surface area (Å²) in [7, 11) is 2.01. The maximum absolute atomic E-state index is 4.36. The fraction of sp³-hybridized carbons (Fsp3) is 0.824. The van der Waals surface area contributed by atoms with Gasteiger partial charge in [0.15, 0.2) is 0 Å². The second kappa shape index (κ2) is 7.26. The van der Waals surface area contributed by atoms with Crippen molar-refractivity contribution in [3.8, 4) is 0 Å². The number of aromatic nitrogens is 2. The Labute approximate surface area is 124 Å². The number of nitrogens with zero attached hydrogens (tertiary/aromatic N) is 2. The van der Waals surface area contributed by atoms with Crippen molar-refractivity contribution in [2.24, 2.45) is 24.8 Å². The molecule has 0 amide bonds. The van der Waals surface area contributed by atoms with E-state index in [-0.39, 0.29) is 0 Å². The molecule has 1 saturated carbocycles. The average Bonchev–Trinajstić information content (AvgIpc) is 2.86. The molecule has 3 nitrogen and oxygen atoms in total.